The number of non-ortho nitro benzene ring substituents is 1. The zero-order chi connectivity index (χ0) is 22.7. The molecule has 2 aromatic carbocycles. The Morgan fingerprint density at radius 1 is 1.06 bits per heavy atom. The summed E-state index contributed by atoms with van der Waals surface area (Å²) >= 11 is 1.29. The summed E-state index contributed by atoms with van der Waals surface area (Å²) in [5, 5.41) is 10.7. The molecule has 0 aliphatic rings. The normalized spacial score (nSPS) is 10.8. The first kappa shape index (κ1) is 21.2. The minimum absolute atomic E-state index is 0.0194. The summed E-state index contributed by atoms with van der Waals surface area (Å²) in [5.41, 5.74) is 7.25. The van der Waals surface area contributed by atoms with Crippen LogP contribution < -0.4 is 10.9 Å². The highest BCUT2D eigenvalue weighted by molar-refractivity contribution is 7.17. The van der Waals surface area contributed by atoms with Gasteiger partial charge in [-0.25, -0.2) is 4.98 Å². The lowest BCUT2D eigenvalue weighted by Gasteiger charge is -2.06. The van der Waals surface area contributed by atoms with E-state index in [0.717, 1.165) is 28.3 Å². The molecule has 9 nitrogen and oxygen atoms in total. The molecule has 2 N–H and O–H groups in total. The zero-order valence-electron chi connectivity index (χ0n) is 17.1. The Kier molecular flexibility index (Phi) is 5.95. The van der Waals surface area contributed by atoms with Gasteiger partial charge < -0.3 is 4.57 Å². The van der Waals surface area contributed by atoms with Crippen LogP contribution in [0.1, 0.15) is 22.2 Å². The highest BCUT2D eigenvalue weighted by atomic mass is 32.1. The van der Waals surface area contributed by atoms with Crippen LogP contribution in [0.4, 0.5) is 5.69 Å². The summed E-state index contributed by atoms with van der Waals surface area (Å²) in [6.45, 7) is 2.79. The second kappa shape index (κ2) is 8.98. The Morgan fingerprint density at radius 3 is 2.53 bits per heavy atom. The Labute approximate surface area is 186 Å². The highest BCUT2D eigenvalue weighted by Crippen LogP contribution is 2.30. The molecule has 0 saturated heterocycles. The number of hydrazine groups is 1. The molecule has 10 heteroatoms. The molecule has 32 heavy (non-hydrogen) atoms. The van der Waals surface area contributed by atoms with E-state index in [4.69, 9.17) is 4.98 Å². The number of rotatable bonds is 6. The molecule has 0 aliphatic carbocycles. The minimum atomic E-state index is -0.505. The summed E-state index contributed by atoms with van der Waals surface area (Å²) < 4.78 is 2.09. The number of thiophene rings is 1. The van der Waals surface area contributed by atoms with Crippen molar-refractivity contribution in [3.05, 3.63) is 81.2 Å². The average Bonchev–Trinajstić information content (AvgIpc) is 3.42. The van der Waals surface area contributed by atoms with Crippen LogP contribution in [0.5, 0.6) is 0 Å². The van der Waals surface area contributed by atoms with E-state index in [1.54, 1.807) is 6.07 Å². The lowest BCUT2D eigenvalue weighted by molar-refractivity contribution is -0.384. The number of hydrogen-bond donors (Lipinski definition) is 2. The number of aryl methyl sites for hydroxylation is 1. The molecule has 2 aromatic heterocycles. The smallest absolute Gasteiger partial charge is 0.279 e. The number of nitro benzene ring substituents is 1. The number of nitro groups is 1. The lowest BCUT2D eigenvalue weighted by Crippen LogP contribution is -2.42. The third kappa shape index (κ3) is 4.35. The van der Waals surface area contributed by atoms with Crippen LogP contribution in [-0.4, -0.2) is 26.3 Å². The van der Waals surface area contributed by atoms with Crippen molar-refractivity contribution < 1.29 is 14.5 Å². The van der Waals surface area contributed by atoms with Gasteiger partial charge in [-0.15, -0.1) is 11.3 Å². The topological polar surface area (TPSA) is 119 Å². The fourth-order valence-corrected chi connectivity index (χ4v) is 4.22. The Morgan fingerprint density at radius 2 is 1.81 bits per heavy atom. The number of amides is 2. The average molecular weight is 449 g/mol. The van der Waals surface area contributed by atoms with Crippen LogP contribution in [-0.2, 0) is 17.8 Å². The van der Waals surface area contributed by atoms with Gasteiger partial charge in [-0.05, 0) is 36.8 Å². The maximum atomic E-state index is 12.5. The van der Waals surface area contributed by atoms with Crippen molar-refractivity contribution >= 4 is 39.9 Å². The third-order valence-electron chi connectivity index (χ3n) is 4.85. The summed E-state index contributed by atoms with van der Waals surface area (Å²) in [7, 11) is 0. The van der Waals surface area contributed by atoms with E-state index in [-0.39, 0.29) is 12.1 Å². The number of fused-ring (bicyclic) bond motifs is 1. The molecule has 0 fully saturated rings. The fraction of sp³-hybridized carbons (Fsp3) is 0.136. The van der Waals surface area contributed by atoms with E-state index >= 15 is 0 Å². The molecule has 0 atom stereocenters. The Balaban J connectivity index is 1.40. The largest absolute Gasteiger partial charge is 0.324 e. The fourth-order valence-electron chi connectivity index (χ4n) is 3.32. The number of carbonyl (C=O) groups excluding carboxylic acids is 2. The molecule has 162 valence electrons. The molecular weight excluding hydrogens is 430 g/mol. The number of imidazole rings is 1. The number of nitrogens with one attached hydrogen (secondary N) is 2. The van der Waals surface area contributed by atoms with Crippen LogP contribution in [0.25, 0.3) is 21.7 Å². The van der Waals surface area contributed by atoms with Gasteiger partial charge in [0, 0.05) is 18.7 Å². The van der Waals surface area contributed by atoms with Gasteiger partial charge in [0.2, 0.25) is 5.91 Å². The Hall–Kier alpha value is -4.05. The number of hydrogen-bond acceptors (Lipinski definition) is 6. The standard InChI is InChI=1S/C22H19N5O4S/c1-2-26-17-6-4-3-5-16(17)23-21(26)18-11-12-19(32-18)22(29)25-24-20(28)13-14-7-9-15(10-8-14)27(30)31/h3-12H,2,13H2,1H3,(H,24,28)(H,25,29). The molecule has 2 amide bonds. The molecular formula is C22H19N5O4S. The first-order valence-electron chi connectivity index (χ1n) is 9.84. The van der Waals surface area contributed by atoms with Gasteiger partial charge >= 0.3 is 0 Å². The number of aromatic nitrogens is 2. The SMILES string of the molecule is CCn1c(-c2ccc(C(=O)NNC(=O)Cc3ccc([N+](=O)[O-])cc3)s2)nc2ccccc21. The molecule has 0 spiro atoms. The second-order valence-corrected chi connectivity index (χ2v) is 8.02. The monoisotopic (exact) mass is 449 g/mol. The van der Waals surface area contributed by atoms with Gasteiger partial charge in [0.1, 0.15) is 0 Å². The molecule has 0 aliphatic heterocycles. The van der Waals surface area contributed by atoms with Crippen molar-refractivity contribution in [2.24, 2.45) is 0 Å². The molecule has 0 bridgehead atoms. The van der Waals surface area contributed by atoms with Crippen molar-refractivity contribution in [3.8, 4) is 10.7 Å². The van der Waals surface area contributed by atoms with Crippen LogP contribution in [0.2, 0.25) is 0 Å². The number of para-hydroxylation sites is 2. The molecule has 0 radical (unpaired) electrons. The summed E-state index contributed by atoms with van der Waals surface area (Å²) in [6, 6.07) is 17.1. The van der Waals surface area contributed by atoms with E-state index in [0.29, 0.717) is 10.4 Å². The van der Waals surface area contributed by atoms with Crippen LogP contribution in [0, 0.1) is 10.1 Å². The number of nitrogens with zero attached hydrogens (tertiary/aromatic N) is 3. The lowest BCUT2D eigenvalue weighted by atomic mass is 10.1. The van der Waals surface area contributed by atoms with E-state index in [1.807, 2.05) is 37.3 Å². The van der Waals surface area contributed by atoms with Crippen molar-refractivity contribution in [2.45, 2.75) is 19.9 Å². The third-order valence-corrected chi connectivity index (χ3v) is 5.93. The molecule has 4 rings (SSSR count). The minimum Gasteiger partial charge on any atom is -0.324 e. The molecule has 0 unspecified atom stereocenters. The molecule has 0 saturated carbocycles. The Bertz CT molecular complexity index is 1310. The van der Waals surface area contributed by atoms with Crippen molar-refractivity contribution in [1.82, 2.24) is 20.4 Å². The summed E-state index contributed by atoms with van der Waals surface area (Å²) in [4.78, 5) is 40.8. The number of benzene rings is 2. The predicted molar refractivity (Wildman–Crippen MR) is 121 cm³/mol. The van der Waals surface area contributed by atoms with E-state index < -0.39 is 16.7 Å². The van der Waals surface area contributed by atoms with Crippen molar-refractivity contribution in [1.29, 1.82) is 0 Å². The van der Waals surface area contributed by atoms with E-state index in [1.165, 1.54) is 35.6 Å². The van der Waals surface area contributed by atoms with Gasteiger partial charge in [0.15, 0.2) is 5.82 Å². The van der Waals surface area contributed by atoms with Gasteiger partial charge in [-0.3, -0.25) is 30.6 Å². The highest BCUT2D eigenvalue weighted by Gasteiger charge is 2.16. The maximum Gasteiger partial charge on any atom is 0.279 e. The quantitative estimate of drug-likeness (QED) is 0.344. The predicted octanol–water partition coefficient (Wildman–Crippen LogP) is 3.70. The van der Waals surface area contributed by atoms with E-state index in [9.17, 15) is 19.7 Å². The maximum absolute atomic E-state index is 12.5. The number of carbonyl (C=O) groups is 2. The van der Waals surface area contributed by atoms with Crippen LogP contribution in [0.15, 0.2) is 60.7 Å². The summed E-state index contributed by atoms with van der Waals surface area (Å²) in [6.07, 6.45) is -0.0194. The van der Waals surface area contributed by atoms with Crippen LogP contribution in [0.3, 0.4) is 0 Å². The zero-order valence-corrected chi connectivity index (χ0v) is 17.9. The van der Waals surface area contributed by atoms with Gasteiger partial charge in [0.25, 0.3) is 11.6 Å². The first-order valence-corrected chi connectivity index (χ1v) is 10.7. The van der Waals surface area contributed by atoms with Crippen LogP contribution >= 0.6 is 11.3 Å². The van der Waals surface area contributed by atoms with Gasteiger partial charge in [-0.2, -0.15) is 0 Å². The van der Waals surface area contributed by atoms with Gasteiger partial charge in [0.05, 0.1) is 32.1 Å². The van der Waals surface area contributed by atoms with E-state index in [2.05, 4.69) is 15.4 Å². The van der Waals surface area contributed by atoms with Crippen molar-refractivity contribution in [3.63, 3.8) is 0 Å². The molecule has 4 aromatic rings. The second-order valence-electron chi connectivity index (χ2n) is 6.93. The first-order chi connectivity index (χ1) is 15.5. The van der Waals surface area contributed by atoms with Gasteiger partial charge in [-0.1, -0.05) is 24.3 Å². The molecule has 2 heterocycles. The van der Waals surface area contributed by atoms with Crippen molar-refractivity contribution in [2.75, 3.05) is 0 Å². The summed E-state index contributed by atoms with van der Waals surface area (Å²) in [5.74, 6) is -0.0748.